The molecule has 1 aromatic rings. The monoisotopic (exact) mass is 527 g/mol. The average molecular weight is 528 g/mol. The van der Waals surface area contributed by atoms with Crippen LogP contribution < -0.4 is 20.9 Å². The smallest absolute Gasteiger partial charge is 0.421 e. The minimum absolute atomic E-state index is 0.0508. The Morgan fingerprint density at radius 2 is 1.84 bits per heavy atom. The van der Waals surface area contributed by atoms with Crippen LogP contribution in [0, 0.1) is 0 Å². The lowest BCUT2D eigenvalue weighted by Gasteiger charge is -2.38. The van der Waals surface area contributed by atoms with Crippen molar-refractivity contribution < 1.29 is 49.0 Å². The molecule has 1 saturated heterocycles. The third kappa shape index (κ3) is 9.54. The molecule has 7 N–H and O–H groups in total. The molecule has 0 saturated carbocycles. The summed E-state index contributed by atoms with van der Waals surface area (Å²) in [5.74, 6) is -1.53. The Morgan fingerprint density at radius 1 is 1.11 bits per heavy atom. The number of ketones is 1. The third-order valence-electron chi connectivity index (χ3n) is 5.49. The summed E-state index contributed by atoms with van der Waals surface area (Å²) in [6, 6.07) is 4.91. The molecular weight excluding hydrogens is 490 g/mol. The van der Waals surface area contributed by atoms with Crippen molar-refractivity contribution in [3.05, 3.63) is 29.3 Å². The van der Waals surface area contributed by atoms with E-state index in [1.54, 1.807) is 19.1 Å². The molecule has 1 fully saturated rings. The molecule has 1 amide bonds. The molecule has 1 aliphatic rings. The second kappa shape index (κ2) is 14.8. The number of carboxylic acids is 1. The summed E-state index contributed by atoms with van der Waals surface area (Å²) in [4.78, 5) is 35.8. The minimum Gasteiger partial charge on any atom is -0.479 e. The van der Waals surface area contributed by atoms with Gasteiger partial charge in [-0.15, -0.1) is 0 Å². The largest absolute Gasteiger partial charge is 0.479 e. The predicted molar refractivity (Wildman–Crippen MR) is 129 cm³/mol. The summed E-state index contributed by atoms with van der Waals surface area (Å²) < 4.78 is 16.0. The lowest BCUT2D eigenvalue weighted by atomic mass is 9.98. The summed E-state index contributed by atoms with van der Waals surface area (Å²) in [5.41, 5.74) is 5.90. The van der Waals surface area contributed by atoms with E-state index in [4.69, 9.17) is 14.2 Å². The van der Waals surface area contributed by atoms with Gasteiger partial charge in [-0.3, -0.25) is 10.2 Å². The van der Waals surface area contributed by atoms with Crippen LogP contribution in [0.15, 0.2) is 18.2 Å². The first-order chi connectivity index (χ1) is 17.5. The molecule has 13 heteroatoms. The fraction of sp³-hybridized carbons (Fsp3) is 0.625. The first-order valence-electron chi connectivity index (χ1n) is 12.1. The number of benzene rings is 1. The van der Waals surface area contributed by atoms with Gasteiger partial charge in [0.05, 0.1) is 0 Å². The van der Waals surface area contributed by atoms with Crippen LogP contribution in [0.3, 0.4) is 0 Å². The van der Waals surface area contributed by atoms with Crippen LogP contribution in [0.4, 0.5) is 4.79 Å². The van der Waals surface area contributed by atoms with Crippen LogP contribution in [0.25, 0.3) is 0 Å². The molecule has 0 spiro atoms. The highest BCUT2D eigenvalue weighted by atomic mass is 16.7. The van der Waals surface area contributed by atoms with Crippen LogP contribution in [0.1, 0.15) is 44.7 Å². The van der Waals surface area contributed by atoms with Gasteiger partial charge in [-0.1, -0.05) is 26.8 Å². The lowest BCUT2D eigenvalue weighted by Crippen LogP contribution is -2.61. The average Bonchev–Trinajstić information content (AvgIpc) is 2.85. The number of ether oxygens (including phenoxy) is 3. The van der Waals surface area contributed by atoms with Crippen LogP contribution in [-0.4, -0.2) is 88.1 Å². The third-order valence-corrected chi connectivity index (χ3v) is 5.49. The maximum absolute atomic E-state index is 12.7. The normalized spacial score (nSPS) is 23.5. The van der Waals surface area contributed by atoms with Crippen molar-refractivity contribution in [1.82, 2.24) is 16.2 Å². The summed E-state index contributed by atoms with van der Waals surface area (Å²) in [6.07, 6.45) is -8.74. The van der Waals surface area contributed by atoms with Crippen molar-refractivity contribution in [3.63, 3.8) is 0 Å². The number of hydrogen-bond acceptors (Lipinski definition) is 11. The molecule has 37 heavy (non-hydrogen) atoms. The number of aliphatic carboxylic acids is 1. The van der Waals surface area contributed by atoms with Gasteiger partial charge in [-0.25, -0.2) is 15.0 Å². The van der Waals surface area contributed by atoms with Crippen LogP contribution in [0.5, 0.6) is 5.75 Å². The molecule has 0 aromatic heterocycles. The summed E-state index contributed by atoms with van der Waals surface area (Å²) in [5, 5.41) is 42.8. The first kappa shape index (κ1) is 30.4. The van der Waals surface area contributed by atoms with Crippen molar-refractivity contribution in [2.45, 2.75) is 83.4 Å². The zero-order chi connectivity index (χ0) is 27.5. The number of aliphatic hydroxyl groups excluding tert-OH is 3. The topological polar surface area (TPSA) is 196 Å². The van der Waals surface area contributed by atoms with E-state index in [1.165, 1.54) is 6.07 Å². The van der Waals surface area contributed by atoms with Gasteiger partial charge in [0, 0.05) is 31.0 Å². The molecule has 0 bridgehead atoms. The maximum atomic E-state index is 12.7. The molecule has 5 atom stereocenters. The van der Waals surface area contributed by atoms with Gasteiger partial charge in [0.2, 0.25) is 6.29 Å². The summed E-state index contributed by atoms with van der Waals surface area (Å²) >= 11 is 0. The maximum Gasteiger partial charge on any atom is 0.421 e. The van der Waals surface area contributed by atoms with E-state index in [2.05, 4.69) is 16.2 Å². The van der Waals surface area contributed by atoms with E-state index in [-0.39, 0.29) is 24.6 Å². The van der Waals surface area contributed by atoms with Crippen molar-refractivity contribution in [2.75, 3.05) is 13.1 Å². The van der Waals surface area contributed by atoms with E-state index in [0.29, 0.717) is 43.1 Å². The molecule has 2 rings (SSSR count). The van der Waals surface area contributed by atoms with Gasteiger partial charge in [-0.2, -0.15) is 0 Å². The van der Waals surface area contributed by atoms with Gasteiger partial charge in [0.15, 0.2) is 6.10 Å². The number of carboxylic acid groups (broad SMARTS) is 1. The van der Waals surface area contributed by atoms with E-state index >= 15 is 0 Å². The number of carbonyl (C=O) groups is 3. The Bertz CT molecular complexity index is 913. The Morgan fingerprint density at radius 3 is 2.49 bits per heavy atom. The Kier molecular flexibility index (Phi) is 12.2. The molecule has 1 heterocycles. The van der Waals surface area contributed by atoms with Crippen molar-refractivity contribution in [1.29, 1.82) is 0 Å². The van der Waals surface area contributed by atoms with Gasteiger partial charge < -0.3 is 40.0 Å². The first-order valence-corrected chi connectivity index (χ1v) is 12.1. The van der Waals surface area contributed by atoms with E-state index < -0.39 is 42.8 Å². The number of hydrazine groups is 1. The Hall–Kier alpha value is -2.81. The fourth-order valence-corrected chi connectivity index (χ4v) is 3.57. The molecular formula is C24H37N3O10. The van der Waals surface area contributed by atoms with Gasteiger partial charge in [0.1, 0.15) is 36.5 Å². The lowest BCUT2D eigenvalue weighted by molar-refractivity contribution is -0.271. The minimum atomic E-state index is -1.86. The van der Waals surface area contributed by atoms with Crippen molar-refractivity contribution >= 4 is 17.8 Å². The molecule has 0 radical (unpaired) electrons. The second-order valence-corrected chi connectivity index (χ2v) is 8.95. The number of amides is 1. The van der Waals surface area contributed by atoms with Gasteiger partial charge in [0.25, 0.3) is 0 Å². The zero-order valence-corrected chi connectivity index (χ0v) is 21.2. The quantitative estimate of drug-likeness (QED) is 0.122. The van der Waals surface area contributed by atoms with E-state index in [1.807, 2.05) is 13.8 Å². The van der Waals surface area contributed by atoms with Crippen molar-refractivity contribution in [3.8, 4) is 5.75 Å². The number of carbonyl (C=O) groups excluding carboxylic acids is 2. The van der Waals surface area contributed by atoms with Crippen molar-refractivity contribution in [2.24, 2.45) is 0 Å². The Labute approximate surface area is 215 Å². The van der Waals surface area contributed by atoms with Crippen LogP contribution >= 0.6 is 0 Å². The number of nitrogens with one attached hydrogen (secondary N) is 3. The van der Waals surface area contributed by atoms with Crippen LogP contribution in [0.2, 0.25) is 0 Å². The zero-order valence-electron chi connectivity index (χ0n) is 21.2. The van der Waals surface area contributed by atoms with Gasteiger partial charge >= 0.3 is 12.1 Å². The highest BCUT2D eigenvalue weighted by Gasteiger charge is 2.48. The molecule has 1 aliphatic heterocycles. The summed E-state index contributed by atoms with van der Waals surface area (Å²) in [6.45, 7) is 6.87. The number of rotatable bonds is 14. The molecule has 1 aromatic carbocycles. The number of Topliss-reactive ketones (excluding diaryl/α,β-unsaturated/α-hetero) is 1. The molecule has 208 valence electrons. The fourth-order valence-electron chi connectivity index (χ4n) is 3.57. The Balaban J connectivity index is 2.19. The van der Waals surface area contributed by atoms with Gasteiger partial charge in [-0.05, 0) is 30.7 Å². The van der Waals surface area contributed by atoms with E-state index in [9.17, 15) is 34.8 Å². The van der Waals surface area contributed by atoms with E-state index in [0.717, 1.165) is 0 Å². The molecule has 0 unspecified atom stereocenters. The highest BCUT2D eigenvalue weighted by molar-refractivity contribution is 5.81. The molecule has 13 nitrogen and oxygen atoms in total. The number of hydrogen-bond donors (Lipinski definition) is 7. The number of aliphatic hydroxyl groups is 3. The molecule has 0 aliphatic carbocycles. The van der Waals surface area contributed by atoms with Crippen LogP contribution in [-0.2, 0) is 32.1 Å². The SMILES string of the molecule is CCNNC(=O)OCc1ccc(O[C@H]2O[C@@H](C(=O)O)[C@H](O)[C@@H](O)[C@@H]2O)c(CC(=O)CCCNC(C)C)c1. The highest BCUT2D eigenvalue weighted by Crippen LogP contribution is 2.28. The predicted octanol–water partition coefficient (Wildman–Crippen LogP) is -0.402. The summed E-state index contributed by atoms with van der Waals surface area (Å²) in [7, 11) is 0. The second-order valence-electron chi connectivity index (χ2n) is 8.95. The standard InChI is InChI=1S/C24H37N3O10/c1-4-26-27-24(34)35-12-14-7-8-17(15(10-14)11-16(28)6-5-9-25-13(2)3)36-23-20(31)18(29)19(30)21(37-23)22(32)33/h7-8,10,13,18-21,23,25-26,29-31H,4-6,9,11-12H2,1-3H3,(H,27,34)(H,32,33)/t18-,19-,20+,21-,23+/m1/s1.